The summed E-state index contributed by atoms with van der Waals surface area (Å²) in [7, 11) is 1.41. The molecule has 0 heterocycles. The molecule has 0 aromatic rings. The van der Waals surface area contributed by atoms with Crippen molar-refractivity contribution < 1.29 is 9.53 Å². The molecule has 0 saturated heterocycles. The Kier molecular flexibility index (Phi) is 3.86. The summed E-state index contributed by atoms with van der Waals surface area (Å²) in [4.78, 5) is 11.0. The summed E-state index contributed by atoms with van der Waals surface area (Å²) in [5, 5.41) is 0. The van der Waals surface area contributed by atoms with Crippen LogP contribution in [-0.4, -0.2) is 13.1 Å². The van der Waals surface area contributed by atoms with Gasteiger partial charge in [0.05, 0.1) is 13.0 Å². The molecule has 0 unspecified atom stereocenters. The average Bonchev–Trinajstić information content (AvgIpc) is 2.00. The van der Waals surface area contributed by atoms with Gasteiger partial charge in [0.15, 0.2) is 0 Å². The average molecular weight is 156 g/mol. The molecule has 0 fully saturated rings. The number of hydrogen-bond acceptors (Lipinski definition) is 2. The van der Waals surface area contributed by atoms with E-state index in [9.17, 15) is 4.79 Å². The minimum atomic E-state index is -0.166. The maximum absolute atomic E-state index is 11.0. The molecule has 0 aliphatic carbocycles. The van der Waals surface area contributed by atoms with Crippen LogP contribution in [0.5, 0.6) is 0 Å². The Hall–Kier alpha value is -0.790. The van der Waals surface area contributed by atoms with Crippen molar-refractivity contribution in [2.75, 3.05) is 7.11 Å². The molecule has 11 heavy (non-hydrogen) atoms. The van der Waals surface area contributed by atoms with Crippen molar-refractivity contribution in [3.05, 3.63) is 12.2 Å². The minimum absolute atomic E-state index is 0.0856. The molecule has 2 atom stereocenters. The zero-order valence-electron chi connectivity index (χ0n) is 7.68. The maximum atomic E-state index is 11.0. The summed E-state index contributed by atoms with van der Waals surface area (Å²) in [6, 6.07) is 0. The van der Waals surface area contributed by atoms with Gasteiger partial charge in [-0.15, -0.1) is 0 Å². The molecule has 0 aromatic carbocycles. The topological polar surface area (TPSA) is 26.3 Å². The zero-order valence-corrected chi connectivity index (χ0v) is 7.68. The summed E-state index contributed by atoms with van der Waals surface area (Å²) in [5.41, 5.74) is 1.02. The SMILES string of the molecule is C=C(C)[C@H](C)[C@H](C)C(=O)OC. The van der Waals surface area contributed by atoms with Gasteiger partial charge in [-0.25, -0.2) is 0 Å². The quantitative estimate of drug-likeness (QED) is 0.461. The molecule has 0 aliphatic heterocycles. The van der Waals surface area contributed by atoms with E-state index in [2.05, 4.69) is 11.3 Å². The van der Waals surface area contributed by atoms with Crippen molar-refractivity contribution in [1.29, 1.82) is 0 Å². The molecule has 0 amide bonds. The van der Waals surface area contributed by atoms with Gasteiger partial charge in [-0.1, -0.05) is 26.0 Å². The second-order valence-corrected chi connectivity index (χ2v) is 2.95. The van der Waals surface area contributed by atoms with E-state index in [1.807, 2.05) is 20.8 Å². The van der Waals surface area contributed by atoms with Crippen LogP contribution in [0.2, 0.25) is 0 Å². The smallest absolute Gasteiger partial charge is 0.308 e. The number of ether oxygens (including phenoxy) is 1. The normalized spacial score (nSPS) is 15.3. The first-order valence-electron chi connectivity index (χ1n) is 3.74. The number of carbonyl (C=O) groups is 1. The van der Waals surface area contributed by atoms with Crippen LogP contribution in [0.3, 0.4) is 0 Å². The molecule has 0 radical (unpaired) electrons. The highest BCUT2D eigenvalue weighted by molar-refractivity contribution is 5.72. The first-order chi connectivity index (χ1) is 5.00. The fourth-order valence-electron chi connectivity index (χ4n) is 0.817. The highest BCUT2D eigenvalue weighted by Crippen LogP contribution is 2.18. The lowest BCUT2D eigenvalue weighted by molar-refractivity contribution is -0.146. The highest BCUT2D eigenvalue weighted by atomic mass is 16.5. The summed E-state index contributed by atoms with van der Waals surface area (Å²) in [5.74, 6) is -0.0551. The van der Waals surface area contributed by atoms with Gasteiger partial charge in [0, 0.05) is 0 Å². The fraction of sp³-hybridized carbons (Fsp3) is 0.667. The fourth-order valence-corrected chi connectivity index (χ4v) is 0.817. The second kappa shape index (κ2) is 4.16. The van der Waals surface area contributed by atoms with Crippen LogP contribution in [0.15, 0.2) is 12.2 Å². The molecule has 0 bridgehead atoms. The second-order valence-electron chi connectivity index (χ2n) is 2.95. The van der Waals surface area contributed by atoms with Crippen LogP contribution in [0, 0.1) is 11.8 Å². The van der Waals surface area contributed by atoms with Crippen molar-refractivity contribution in [1.82, 2.24) is 0 Å². The highest BCUT2D eigenvalue weighted by Gasteiger charge is 2.20. The number of methoxy groups -OCH3 is 1. The molecule has 0 saturated carbocycles. The van der Waals surface area contributed by atoms with Gasteiger partial charge in [0.25, 0.3) is 0 Å². The van der Waals surface area contributed by atoms with Crippen LogP contribution in [0.1, 0.15) is 20.8 Å². The summed E-state index contributed by atoms with van der Waals surface area (Å²) < 4.78 is 4.60. The first-order valence-corrected chi connectivity index (χ1v) is 3.74. The van der Waals surface area contributed by atoms with Gasteiger partial charge in [-0.05, 0) is 12.8 Å². The van der Waals surface area contributed by atoms with Crippen LogP contribution in [0.25, 0.3) is 0 Å². The van der Waals surface area contributed by atoms with E-state index in [1.165, 1.54) is 7.11 Å². The lowest BCUT2D eigenvalue weighted by Gasteiger charge is -2.17. The van der Waals surface area contributed by atoms with Gasteiger partial charge in [-0.3, -0.25) is 4.79 Å². The van der Waals surface area contributed by atoms with Crippen LogP contribution < -0.4 is 0 Å². The van der Waals surface area contributed by atoms with Gasteiger partial charge in [0.1, 0.15) is 0 Å². The molecule has 64 valence electrons. The molecule has 0 aromatic heterocycles. The van der Waals surface area contributed by atoms with E-state index in [1.54, 1.807) is 0 Å². The third-order valence-electron chi connectivity index (χ3n) is 2.10. The Morgan fingerprint density at radius 1 is 1.36 bits per heavy atom. The van der Waals surface area contributed by atoms with Crippen LogP contribution in [0.4, 0.5) is 0 Å². The Morgan fingerprint density at radius 2 is 1.82 bits per heavy atom. The minimum Gasteiger partial charge on any atom is -0.469 e. The molecule has 2 nitrogen and oxygen atoms in total. The van der Waals surface area contributed by atoms with Crippen LogP contribution in [-0.2, 0) is 9.53 Å². The predicted molar refractivity (Wildman–Crippen MR) is 45.2 cm³/mol. The van der Waals surface area contributed by atoms with E-state index in [0.717, 1.165) is 5.57 Å². The number of allylic oxidation sites excluding steroid dienone is 1. The molecular weight excluding hydrogens is 140 g/mol. The van der Waals surface area contributed by atoms with Gasteiger partial charge >= 0.3 is 5.97 Å². The van der Waals surface area contributed by atoms with Crippen molar-refractivity contribution in [2.45, 2.75) is 20.8 Å². The molecule has 0 rings (SSSR count). The summed E-state index contributed by atoms with van der Waals surface area (Å²) in [6.45, 7) is 9.53. The standard InChI is InChI=1S/C9H16O2/c1-6(2)7(3)8(4)9(10)11-5/h7-8H,1H2,2-5H3/t7-,8-/m0/s1. The molecular formula is C9H16O2. The number of hydrogen-bond donors (Lipinski definition) is 0. The molecule has 0 N–H and O–H groups in total. The van der Waals surface area contributed by atoms with Gasteiger partial charge in [-0.2, -0.15) is 0 Å². The van der Waals surface area contributed by atoms with Crippen LogP contribution >= 0.6 is 0 Å². The van der Waals surface area contributed by atoms with Crippen molar-refractivity contribution in [3.8, 4) is 0 Å². The third kappa shape index (κ3) is 2.74. The largest absolute Gasteiger partial charge is 0.469 e. The van der Waals surface area contributed by atoms with Crippen molar-refractivity contribution >= 4 is 5.97 Å². The summed E-state index contributed by atoms with van der Waals surface area (Å²) >= 11 is 0. The lowest BCUT2D eigenvalue weighted by Crippen LogP contribution is -2.20. The third-order valence-corrected chi connectivity index (χ3v) is 2.10. The van der Waals surface area contributed by atoms with E-state index in [-0.39, 0.29) is 17.8 Å². The number of carbonyl (C=O) groups excluding carboxylic acids is 1. The first kappa shape index (κ1) is 10.2. The predicted octanol–water partition coefficient (Wildman–Crippen LogP) is 2.01. The maximum Gasteiger partial charge on any atom is 0.308 e. The Balaban J connectivity index is 4.12. The monoisotopic (exact) mass is 156 g/mol. The Labute approximate surface area is 68.2 Å². The van der Waals surface area contributed by atoms with Gasteiger partial charge in [0.2, 0.25) is 0 Å². The van der Waals surface area contributed by atoms with E-state index in [0.29, 0.717) is 0 Å². The molecule has 0 spiro atoms. The van der Waals surface area contributed by atoms with Crippen molar-refractivity contribution in [2.24, 2.45) is 11.8 Å². The lowest BCUT2D eigenvalue weighted by atomic mass is 9.90. The van der Waals surface area contributed by atoms with E-state index < -0.39 is 0 Å². The van der Waals surface area contributed by atoms with Crippen molar-refractivity contribution in [3.63, 3.8) is 0 Å². The Bertz CT molecular complexity index is 161. The van der Waals surface area contributed by atoms with E-state index in [4.69, 9.17) is 0 Å². The number of esters is 1. The van der Waals surface area contributed by atoms with E-state index >= 15 is 0 Å². The molecule has 2 heteroatoms. The molecule has 0 aliphatic rings. The van der Waals surface area contributed by atoms with Gasteiger partial charge < -0.3 is 4.74 Å². The summed E-state index contributed by atoms with van der Waals surface area (Å²) in [6.07, 6.45) is 0. The Morgan fingerprint density at radius 3 is 2.09 bits per heavy atom. The number of rotatable bonds is 3. The zero-order chi connectivity index (χ0) is 9.02.